The minimum atomic E-state index is -3.97. The Morgan fingerprint density at radius 2 is 1.55 bits per heavy atom. The number of carbonyl (C=O) groups excluding carboxylic acids is 1. The molecule has 33 heavy (non-hydrogen) atoms. The van der Waals surface area contributed by atoms with Gasteiger partial charge in [-0.3, -0.25) is 9.10 Å². The van der Waals surface area contributed by atoms with Gasteiger partial charge in [0, 0.05) is 0 Å². The molecule has 174 valence electrons. The molecule has 1 amide bonds. The Balaban J connectivity index is 1.82. The van der Waals surface area contributed by atoms with Crippen molar-refractivity contribution in [2.75, 3.05) is 24.6 Å². The highest BCUT2D eigenvalue weighted by Gasteiger charge is 2.27. The highest BCUT2D eigenvalue weighted by Crippen LogP contribution is 2.26. The average Bonchev–Trinajstić information content (AvgIpc) is 2.83. The van der Waals surface area contributed by atoms with E-state index in [1.165, 1.54) is 19.2 Å². The van der Waals surface area contributed by atoms with Gasteiger partial charge in [-0.1, -0.05) is 30.3 Å². The molecule has 0 aliphatic carbocycles. The van der Waals surface area contributed by atoms with E-state index in [0.717, 1.165) is 15.6 Å². The Hall–Kier alpha value is -3.52. The number of anilines is 1. The van der Waals surface area contributed by atoms with Crippen LogP contribution in [0.5, 0.6) is 11.5 Å². The van der Waals surface area contributed by atoms with Gasteiger partial charge in [-0.05, 0) is 67.9 Å². The molecule has 3 aromatic carbocycles. The number of sulfonamides is 1. The highest BCUT2D eigenvalue weighted by atomic mass is 32.2. The summed E-state index contributed by atoms with van der Waals surface area (Å²) in [5.41, 5.74) is 1.25. The molecule has 0 aliphatic heterocycles. The van der Waals surface area contributed by atoms with Crippen LogP contribution in [-0.4, -0.2) is 34.6 Å². The number of benzene rings is 3. The van der Waals surface area contributed by atoms with Crippen molar-refractivity contribution in [3.8, 4) is 11.5 Å². The smallest absolute Gasteiger partial charge is 0.264 e. The molecule has 3 aromatic rings. The van der Waals surface area contributed by atoms with Crippen molar-refractivity contribution in [1.29, 1.82) is 0 Å². The fraction of sp³-hybridized carbons (Fsp3) is 0.240. The van der Waals surface area contributed by atoms with Gasteiger partial charge in [0.15, 0.2) is 0 Å². The van der Waals surface area contributed by atoms with E-state index in [2.05, 4.69) is 5.32 Å². The predicted molar refractivity (Wildman–Crippen MR) is 128 cm³/mol. The molecule has 1 N–H and O–H groups in total. The molecule has 7 nitrogen and oxygen atoms in total. The lowest BCUT2D eigenvalue weighted by molar-refractivity contribution is -0.120. The zero-order chi connectivity index (χ0) is 23.8. The maximum atomic E-state index is 13.4. The van der Waals surface area contributed by atoms with Crippen molar-refractivity contribution in [3.63, 3.8) is 0 Å². The number of nitrogens with zero attached hydrogens (tertiary/aromatic N) is 1. The molecule has 3 rings (SSSR count). The Kier molecular flexibility index (Phi) is 7.95. The topological polar surface area (TPSA) is 84.9 Å². The van der Waals surface area contributed by atoms with Crippen LogP contribution in [0.2, 0.25) is 0 Å². The van der Waals surface area contributed by atoms with Crippen LogP contribution in [0.15, 0.2) is 83.8 Å². The number of nitrogens with one attached hydrogen (secondary N) is 1. The third-order valence-electron chi connectivity index (χ3n) is 5.05. The molecule has 0 aromatic heterocycles. The van der Waals surface area contributed by atoms with Crippen molar-refractivity contribution in [2.24, 2.45) is 0 Å². The Morgan fingerprint density at radius 1 is 0.939 bits per heavy atom. The number of carbonyl (C=O) groups is 1. The van der Waals surface area contributed by atoms with E-state index in [1.54, 1.807) is 42.5 Å². The van der Waals surface area contributed by atoms with Crippen LogP contribution in [-0.2, 0) is 14.8 Å². The molecule has 1 atom stereocenters. The molecule has 0 bridgehead atoms. The van der Waals surface area contributed by atoms with Gasteiger partial charge in [0.25, 0.3) is 10.0 Å². The molecule has 0 spiro atoms. The lowest BCUT2D eigenvalue weighted by Crippen LogP contribution is -2.41. The molecule has 0 saturated heterocycles. The largest absolute Gasteiger partial charge is 0.497 e. The lowest BCUT2D eigenvalue weighted by Gasteiger charge is -2.25. The molecular formula is C25H28N2O5S. The maximum absolute atomic E-state index is 13.4. The number of ether oxygens (including phenoxy) is 2. The molecule has 0 heterocycles. The highest BCUT2D eigenvalue weighted by molar-refractivity contribution is 7.92. The summed E-state index contributed by atoms with van der Waals surface area (Å²) in [5, 5.41) is 2.88. The second-order valence-corrected chi connectivity index (χ2v) is 9.18. The van der Waals surface area contributed by atoms with Gasteiger partial charge in [-0.15, -0.1) is 0 Å². The van der Waals surface area contributed by atoms with Crippen molar-refractivity contribution in [3.05, 3.63) is 84.4 Å². The first-order chi connectivity index (χ1) is 15.8. The third-order valence-corrected chi connectivity index (χ3v) is 6.84. The average molecular weight is 469 g/mol. The third kappa shape index (κ3) is 6.04. The van der Waals surface area contributed by atoms with Crippen LogP contribution < -0.4 is 19.1 Å². The molecule has 8 heteroatoms. The van der Waals surface area contributed by atoms with E-state index < -0.39 is 15.9 Å². The summed E-state index contributed by atoms with van der Waals surface area (Å²) >= 11 is 0. The normalized spacial score (nSPS) is 12.0. The second-order valence-electron chi connectivity index (χ2n) is 7.31. The monoisotopic (exact) mass is 468 g/mol. The summed E-state index contributed by atoms with van der Waals surface area (Å²) in [6.07, 6.45) is 0. The van der Waals surface area contributed by atoms with Crippen LogP contribution >= 0.6 is 0 Å². The molecule has 0 radical (unpaired) electrons. The number of methoxy groups -OCH3 is 1. The minimum absolute atomic E-state index is 0.105. The van der Waals surface area contributed by atoms with Crippen molar-refractivity contribution in [1.82, 2.24) is 5.32 Å². The SMILES string of the molecule is CCOc1ccc([C@H](C)NC(=O)CN(c2ccc(OC)cc2)S(=O)(=O)c2ccccc2)cc1. The summed E-state index contributed by atoms with van der Waals surface area (Å²) in [7, 11) is -2.43. The zero-order valence-corrected chi connectivity index (χ0v) is 19.7. The van der Waals surface area contributed by atoms with Crippen LogP contribution in [0.3, 0.4) is 0 Å². The van der Waals surface area contributed by atoms with E-state index >= 15 is 0 Å². The number of amides is 1. The van der Waals surface area contributed by atoms with Crippen molar-refractivity contribution in [2.45, 2.75) is 24.8 Å². The molecule has 0 saturated carbocycles. The van der Waals surface area contributed by atoms with Gasteiger partial charge >= 0.3 is 0 Å². The van der Waals surface area contributed by atoms with Gasteiger partial charge in [-0.2, -0.15) is 0 Å². The first-order valence-corrected chi connectivity index (χ1v) is 12.0. The predicted octanol–water partition coefficient (Wildman–Crippen LogP) is 4.17. The van der Waals surface area contributed by atoms with E-state index in [0.29, 0.717) is 18.0 Å². The maximum Gasteiger partial charge on any atom is 0.264 e. The van der Waals surface area contributed by atoms with Crippen LogP contribution in [0.1, 0.15) is 25.5 Å². The summed E-state index contributed by atoms with van der Waals surface area (Å²) in [6, 6.07) is 21.7. The summed E-state index contributed by atoms with van der Waals surface area (Å²) < 4.78 is 38.5. The van der Waals surface area contributed by atoms with E-state index in [4.69, 9.17) is 9.47 Å². The number of hydrogen-bond acceptors (Lipinski definition) is 5. The first-order valence-electron chi connectivity index (χ1n) is 10.6. The van der Waals surface area contributed by atoms with E-state index in [1.807, 2.05) is 38.1 Å². The Morgan fingerprint density at radius 3 is 2.12 bits per heavy atom. The van der Waals surface area contributed by atoms with Gasteiger partial charge in [0.05, 0.1) is 30.3 Å². The van der Waals surface area contributed by atoms with Gasteiger partial charge in [0.1, 0.15) is 18.0 Å². The summed E-state index contributed by atoms with van der Waals surface area (Å²) in [5.74, 6) is 0.913. The first kappa shape index (κ1) is 24.1. The van der Waals surface area contributed by atoms with Crippen LogP contribution in [0.25, 0.3) is 0 Å². The molecule has 0 unspecified atom stereocenters. The minimum Gasteiger partial charge on any atom is -0.497 e. The van der Waals surface area contributed by atoms with Crippen LogP contribution in [0.4, 0.5) is 5.69 Å². The van der Waals surface area contributed by atoms with E-state index in [9.17, 15) is 13.2 Å². The summed E-state index contributed by atoms with van der Waals surface area (Å²) in [4.78, 5) is 13.0. The number of hydrogen-bond donors (Lipinski definition) is 1. The lowest BCUT2D eigenvalue weighted by atomic mass is 10.1. The van der Waals surface area contributed by atoms with E-state index in [-0.39, 0.29) is 17.5 Å². The fourth-order valence-electron chi connectivity index (χ4n) is 3.30. The van der Waals surface area contributed by atoms with Gasteiger partial charge in [-0.25, -0.2) is 8.42 Å². The quantitative estimate of drug-likeness (QED) is 0.483. The molecule has 0 fully saturated rings. The zero-order valence-electron chi connectivity index (χ0n) is 18.9. The fourth-order valence-corrected chi connectivity index (χ4v) is 4.75. The summed E-state index contributed by atoms with van der Waals surface area (Å²) in [6.45, 7) is 3.96. The molecular weight excluding hydrogens is 440 g/mol. The standard InChI is InChI=1S/C25H28N2O5S/c1-4-32-23-14-10-20(11-15-23)19(2)26-25(28)18-27(21-12-16-22(31-3)17-13-21)33(29,30)24-8-6-5-7-9-24/h5-17,19H,4,18H2,1-3H3,(H,26,28)/t19-/m0/s1. The van der Waals surface area contributed by atoms with Crippen LogP contribution in [0, 0.1) is 0 Å². The Bertz CT molecular complexity index is 1150. The van der Waals surface area contributed by atoms with Crippen molar-refractivity contribution < 1.29 is 22.7 Å². The molecule has 0 aliphatic rings. The Labute approximate surface area is 195 Å². The van der Waals surface area contributed by atoms with Crippen molar-refractivity contribution >= 4 is 21.6 Å². The second kappa shape index (κ2) is 10.9. The van der Waals surface area contributed by atoms with Gasteiger partial charge in [0.2, 0.25) is 5.91 Å². The number of rotatable bonds is 10. The van der Waals surface area contributed by atoms with Gasteiger partial charge < -0.3 is 14.8 Å².